The zero-order valence-electron chi connectivity index (χ0n) is 17.4. The Kier molecular flexibility index (Phi) is 5.17. The van der Waals surface area contributed by atoms with Gasteiger partial charge in [-0.2, -0.15) is 5.10 Å². The molecule has 156 valence electrons. The molecule has 0 unspecified atom stereocenters. The Morgan fingerprint density at radius 1 is 0.875 bits per heavy atom. The first-order chi connectivity index (χ1) is 15.7. The molecule has 0 atom stereocenters. The molecule has 0 spiro atoms. The van der Waals surface area contributed by atoms with Crippen molar-refractivity contribution in [3.05, 3.63) is 102 Å². The number of hydrogen-bond acceptors (Lipinski definition) is 4. The molecule has 0 radical (unpaired) electrons. The zero-order valence-corrected chi connectivity index (χ0v) is 17.4. The Bertz CT molecular complexity index is 1410. The van der Waals surface area contributed by atoms with E-state index in [1.54, 1.807) is 18.5 Å². The van der Waals surface area contributed by atoms with Crippen LogP contribution in [0.1, 0.15) is 11.1 Å². The van der Waals surface area contributed by atoms with Crippen molar-refractivity contribution >= 4 is 23.1 Å². The summed E-state index contributed by atoms with van der Waals surface area (Å²) in [5, 5.41) is 5.06. The maximum Gasteiger partial charge on any atom is 0.244 e. The van der Waals surface area contributed by atoms with Crippen LogP contribution in [0.5, 0.6) is 0 Å². The molecule has 0 fully saturated rings. The molecule has 2 N–H and O–H groups in total. The Morgan fingerprint density at radius 2 is 1.59 bits per heavy atom. The number of benzene rings is 3. The third-order valence-electron chi connectivity index (χ3n) is 5.19. The van der Waals surface area contributed by atoms with Gasteiger partial charge in [0.15, 0.2) is 0 Å². The van der Waals surface area contributed by atoms with Gasteiger partial charge in [0, 0.05) is 33.8 Å². The molecule has 0 aliphatic heterocycles. The van der Waals surface area contributed by atoms with E-state index in [-0.39, 0.29) is 5.82 Å². The minimum absolute atomic E-state index is 0.290. The lowest BCUT2D eigenvalue weighted by molar-refractivity contribution is 0.629. The summed E-state index contributed by atoms with van der Waals surface area (Å²) in [5.41, 5.74) is 9.31. The van der Waals surface area contributed by atoms with Crippen molar-refractivity contribution in [2.24, 2.45) is 5.10 Å². The molecule has 6 heteroatoms. The molecule has 0 bridgehead atoms. The standard InChI is InChI=1S/C26H20FN5/c1-17-7-9-19(10-8-17)25-14-24(18-5-3-2-4-6-18)30-26(31-25)32-29-16-20-15-28-23-12-11-21(27)13-22(20)23/h2-16,28H,1H3,(H,30,31,32)/b29-16+. The highest BCUT2D eigenvalue weighted by molar-refractivity contribution is 5.99. The van der Waals surface area contributed by atoms with Gasteiger partial charge in [-0.3, -0.25) is 0 Å². The molecule has 3 aromatic carbocycles. The van der Waals surface area contributed by atoms with Crippen LogP contribution >= 0.6 is 0 Å². The molecule has 2 aromatic heterocycles. The number of nitrogens with zero attached hydrogens (tertiary/aromatic N) is 3. The van der Waals surface area contributed by atoms with Crippen molar-refractivity contribution in [2.45, 2.75) is 6.92 Å². The third kappa shape index (κ3) is 4.11. The quantitative estimate of drug-likeness (QED) is 0.263. The number of anilines is 1. The fourth-order valence-electron chi connectivity index (χ4n) is 3.51. The van der Waals surface area contributed by atoms with E-state index in [4.69, 9.17) is 0 Å². The van der Waals surface area contributed by atoms with Gasteiger partial charge in [-0.1, -0.05) is 60.2 Å². The van der Waals surface area contributed by atoms with Crippen molar-refractivity contribution in [1.82, 2.24) is 15.0 Å². The molecular formula is C26H20FN5. The second-order valence-electron chi connectivity index (χ2n) is 7.50. The van der Waals surface area contributed by atoms with Crippen molar-refractivity contribution in [3.63, 3.8) is 0 Å². The van der Waals surface area contributed by atoms with Gasteiger partial charge in [0.05, 0.1) is 17.6 Å². The van der Waals surface area contributed by atoms with E-state index in [2.05, 4.69) is 44.5 Å². The summed E-state index contributed by atoms with van der Waals surface area (Å²) in [7, 11) is 0. The van der Waals surface area contributed by atoms with E-state index in [0.717, 1.165) is 39.0 Å². The normalized spacial score (nSPS) is 11.3. The van der Waals surface area contributed by atoms with Crippen LogP contribution in [0.4, 0.5) is 10.3 Å². The molecule has 0 saturated heterocycles. The van der Waals surface area contributed by atoms with Gasteiger partial charge in [0.25, 0.3) is 0 Å². The van der Waals surface area contributed by atoms with Crippen LogP contribution in [0.15, 0.2) is 90.2 Å². The number of H-pyrrole nitrogens is 1. The van der Waals surface area contributed by atoms with E-state index < -0.39 is 0 Å². The highest BCUT2D eigenvalue weighted by Gasteiger charge is 2.09. The van der Waals surface area contributed by atoms with Gasteiger partial charge < -0.3 is 4.98 Å². The highest BCUT2D eigenvalue weighted by atomic mass is 19.1. The van der Waals surface area contributed by atoms with E-state index in [0.29, 0.717) is 5.95 Å². The summed E-state index contributed by atoms with van der Waals surface area (Å²) in [6, 6.07) is 24.7. The second kappa shape index (κ2) is 8.43. The number of aryl methyl sites for hydroxylation is 1. The van der Waals surface area contributed by atoms with Crippen LogP contribution in [0.2, 0.25) is 0 Å². The molecule has 0 saturated carbocycles. The molecule has 0 amide bonds. The number of rotatable bonds is 5. The summed E-state index contributed by atoms with van der Waals surface area (Å²) < 4.78 is 13.6. The van der Waals surface area contributed by atoms with Crippen LogP contribution < -0.4 is 5.43 Å². The van der Waals surface area contributed by atoms with Crippen LogP contribution in [0.3, 0.4) is 0 Å². The first kappa shape index (κ1) is 19.6. The Labute approximate surface area is 184 Å². The van der Waals surface area contributed by atoms with Crippen molar-refractivity contribution in [2.75, 3.05) is 5.43 Å². The maximum absolute atomic E-state index is 13.6. The first-order valence-corrected chi connectivity index (χ1v) is 10.2. The maximum atomic E-state index is 13.6. The SMILES string of the molecule is Cc1ccc(-c2cc(-c3ccccc3)nc(N/N=C/c3c[nH]c4ccc(F)cc34)n2)cc1. The smallest absolute Gasteiger partial charge is 0.244 e. The zero-order chi connectivity index (χ0) is 21.9. The predicted octanol–water partition coefficient (Wildman–Crippen LogP) is 6.19. The molecule has 5 aromatic rings. The Hall–Kier alpha value is -4.32. The van der Waals surface area contributed by atoms with Gasteiger partial charge in [-0.15, -0.1) is 0 Å². The number of aromatic nitrogens is 3. The molecular weight excluding hydrogens is 401 g/mol. The Morgan fingerprint density at radius 3 is 2.34 bits per heavy atom. The molecule has 0 aliphatic rings. The predicted molar refractivity (Wildman–Crippen MR) is 127 cm³/mol. The summed E-state index contributed by atoms with van der Waals surface area (Å²) in [4.78, 5) is 12.4. The van der Waals surface area contributed by atoms with Crippen LogP contribution in [0, 0.1) is 12.7 Å². The van der Waals surface area contributed by atoms with Gasteiger partial charge in [-0.05, 0) is 31.2 Å². The summed E-state index contributed by atoms with van der Waals surface area (Å²) in [6.45, 7) is 2.05. The van der Waals surface area contributed by atoms with Crippen LogP contribution in [-0.4, -0.2) is 21.2 Å². The summed E-state index contributed by atoms with van der Waals surface area (Å²) in [5.74, 6) is 0.0885. The van der Waals surface area contributed by atoms with Crippen LogP contribution in [0.25, 0.3) is 33.4 Å². The fourth-order valence-corrected chi connectivity index (χ4v) is 3.51. The second-order valence-corrected chi connectivity index (χ2v) is 7.50. The molecule has 5 nitrogen and oxygen atoms in total. The summed E-state index contributed by atoms with van der Waals surface area (Å²) >= 11 is 0. The van der Waals surface area contributed by atoms with Crippen molar-refractivity contribution < 1.29 is 4.39 Å². The van der Waals surface area contributed by atoms with E-state index in [1.807, 2.05) is 48.5 Å². The van der Waals surface area contributed by atoms with E-state index >= 15 is 0 Å². The average Bonchev–Trinajstić information content (AvgIpc) is 3.22. The number of hydrazone groups is 1. The van der Waals surface area contributed by atoms with Gasteiger partial charge >= 0.3 is 0 Å². The summed E-state index contributed by atoms with van der Waals surface area (Å²) in [6.07, 6.45) is 3.41. The first-order valence-electron chi connectivity index (χ1n) is 10.2. The minimum Gasteiger partial charge on any atom is -0.361 e. The number of hydrogen-bond donors (Lipinski definition) is 2. The van der Waals surface area contributed by atoms with E-state index in [9.17, 15) is 4.39 Å². The molecule has 32 heavy (non-hydrogen) atoms. The minimum atomic E-state index is -0.290. The van der Waals surface area contributed by atoms with Crippen molar-refractivity contribution in [3.8, 4) is 22.5 Å². The largest absolute Gasteiger partial charge is 0.361 e. The molecule has 2 heterocycles. The number of aromatic amines is 1. The van der Waals surface area contributed by atoms with E-state index in [1.165, 1.54) is 17.7 Å². The van der Waals surface area contributed by atoms with Gasteiger partial charge in [0.2, 0.25) is 5.95 Å². The molecule has 0 aliphatic carbocycles. The number of halogens is 1. The lowest BCUT2D eigenvalue weighted by Crippen LogP contribution is -2.00. The highest BCUT2D eigenvalue weighted by Crippen LogP contribution is 2.25. The lowest BCUT2D eigenvalue weighted by Gasteiger charge is -2.08. The third-order valence-corrected chi connectivity index (χ3v) is 5.19. The van der Waals surface area contributed by atoms with Gasteiger partial charge in [-0.25, -0.2) is 19.8 Å². The lowest BCUT2D eigenvalue weighted by atomic mass is 10.1. The number of fused-ring (bicyclic) bond motifs is 1. The van der Waals surface area contributed by atoms with Crippen molar-refractivity contribution in [1.29, 1.82) is 0 Å². The average molecular weight is 421 g/mol. The topological polar surface area (TPSA) is 66.0 Å². The number of nitrogens with one attached hydrogen (secondary N) is 2. The fraction of sp³-hybridized carbons (Fsp3) is 0.0385. The molecule has 5 rings (SSSR count). The Balaban J connectivity index is 1.49. The van der Waals surface area contributed by atoms with Crippen LogP contribution in [-0.2, 0) is 0 Å². The monoisotopic (exact) mass is 421 g/mol. The van der Waals surface area contributed by atoms with Gasteiger partial charge in [0.1, 0.15) is 5.82 Å².